The monoisotopic (exact) mass is 825 g/mol. The number of carbonyl (C=O) groups excluding carboxylic acids is 4. The lowest BCUT2D eigenvalue weighted by molar-refractivity contribution is -0.162. The van der Waals surface area contributed by atoms with Crippen LogP contribution >= 0.6 is 33.2 Å². The third kappa shape index (κ3) is 10.5. The van der Waals surface area contributed by atoms with Crippen molar-refractivity contribution in [3.8, 4) is 5.75 Å². The van der Waals surface area contributed by atoms with E-state index in [4.69, 9.17) is 35.3 Å². The second kappa shape index (κ2) is 18.1. The number of methoxy groups -OCH3 is 2. The molecule has 0 aromatic heterocycles. The Bertz CT molecular complexity index is 1680. The molecular formula is C39H56ClN3O10S2. The van der Waals surface area contributed by atoms with E-state index in [1.807, 2.05) is 26.2 Å². The van der Waals surface area contributed by atoms with E-state index in [0.717, 1.165) is 11.1 Å². The summed E-state index contributed by atoms with van der Waals surface area (Å²) in [5.41, 5.74) is -0.900. The Morgan fingerprint density at radius 1 is 1.25 bits per heavy atom. The van der Waals surface area contributed by atoms with Gasteiger partial charge in [0.25, 0.3) is 0 Å². The molecule has 3 aliphatic heterocycles. The van der Waals surface area contributed by atoms with Crippen molar-refractivity contribution in [1.29, 1.82) is 0 Å². The van der Waals surface area contributed by atoms with Gasteiger partial charge in [-0.3, -0.25) is 14.9 Å². The first-order valence-electron chi connectivity index (χ1n) is 18.3. The Morgan fingerprint density at radius 3 is 2.58 bits per heavy atom. The summed E-state index contributed by atoms with van der Waals surface area (Å²) in [6.45, 7) is 11.2. The molecule has 55 heavy (non-hydrogen) atoms. The van der Waals surface area contributed by atoms with Crippen LogP contribution in [0.5, 0.6) is 5.75 Å². The van der Waals surface area contributed by atoms with Crippen molar-refractivity contribution in [1.82, 2.24) is 10.2 Å². The molecule has 0 radical (unpaired) electrons. The molecule has 13 nitrogen and oxygen atoms in total. The number of alkyl carbamates (subject to hydrolysis) is 1. The zero-order valence-electron chi connectivity index (χ0n) is 33.6. The average Bonchev–Trinajstić information content (AvgIpc) is 3.82. The third-order valence-corrected chi connectivity index (χ3v) is 13.8. The van der Waals surface area contributed by atoms with Crippen LogP contribution in [0.3, 0.4) is 0 Å². The second-order valence-corrected chi connectivity index (χ2v) is 18.9. The fourth-order valence-electron chi connectivity index (χ4n) is 7.07. The minimum Gasteiger partial charge on any atom is -0.495 e. The number of anilines is 1. The number of esters is 1. The number of nitrogens with one attached hydrogen (secondary N) is 1. The fourth-order valence-corrected chi connectivity index (χ4v) is 9.62. The zero-order chi connectivity index (χ0) is 41.0. The lowest BCUT2D eigenvalue weighted by Gasteiger charge is -2.42. The molecule has 1 aromatic rings. The van der Waals surface area contributed by atoms with Gasteiger partial charge in [0.2, 0.25) is 11.8 Å². The van der Waals surface area contributed by atoms with E-state index in [-0.39, 0.29) is 34.9 Å². The van der Waals surface area contributed by atoms with Gasteiger partial charge in [0.1, 0.15) is 40.7 Å². The normalized spacial score (nSPS) is 30.8. The summed E-state index contributed by atoms with van der Waals surface area (Å²) in [5.74, 6) is -1.50. The van der Waals surface area contributed by atoms with Gasteiger partial charge in [-0.25, -0.2) is 9.59 Å². The van der Waals surface area contributed by atoms with E-state index in [2.05, 4.69) is 19.2 Å². The quantitative estimate of drug-likeness (QED) is 0.160. The average molecular weight is 826 g/mol. The smallest absolute Gasteiger partial charge is 0.409 e. The molecular weight excluding hydrogens is 770 g/mol. The number of benzene rings is 1. The molecule has 2 fully saturated rings. The molecule has 8 unspecified atom stereocenters. The molecule has 4 rings (SSSR count). The summed E-state index contributed by atoms with van der Waals surface area (Å²) in [7, 11) is 9.39. The third-order valence-electron chi connectivity index (χ3n) is 10.8. The van der Waals surface area contributed by atoms with Crippen LogP contribution < -0.4 is 15.0 Å². The van der Waals surface area contributed by atoms with E-state index in [1.165, 1.54) is 24.0 Å². The van der Waals surface area contributed by atoms with Crippen molar-refractivity contribution in [2.24, 2.45) is 5.92 Å². The first-order chi connectivity index (χ1) is 25.7. The molecule has 2 N–H and O–H groups in total. The van der Waals surface area contributed by atoms with E-state index >= 15 is 0 Å². The summed E-state index contributed by atoms with van der Waals surface area (Å²) >= 11 is 6.78. The molecule has 16 heteroatoms. The van der Waals surface area contributed by atoms with Gasteiger partial charge in [0, 0.05) is 44.7 Å². The highest BCUT2D eigenvalue weighted by Crippen LogP contribution is 2.49. The maximum Gasteiger partial charge on any atom is 0.409 e. The molecule has 8 atom stereocenters. The number of amides is 3. The lowest BCUT2D eigenvalue weighted by Crippen LogP contribution is -2.63. The molecule has 1 aromatic carbocycles. The van der Waals surface area contributed by atoms with Crippen LogP contribution in [0.2, 0.25) is 5.02 Å². The van der Waals surface area contributed by atoms with Gasteiger partial charge < -0.3 is 38.6 Å². The van der Waals surface area contributed by atoms with Gasteiger partial charge in [-0.2, -0.15) is 0 Å². The highest BCUT2D eigenvalue weighted by molar-refractivity contribution is 8.76. The summed E-state index contributed by atoms with van der Waals surface area (Å²) in [5, 5.41) is 14.5. The maximum absolute atomic E-state index is 14.2. The van der Waals surface area contributed by atoms with Crippen molar-refractivity contribution >= 4 is 62.8 Å². The van der Waals surface area contributed by atoms with Crippen LogP contribution in [0.15, 0.2) is 35.9 Å². The van der Waals surface area contributed by atoms with Gasteiger partial charge in [0.05, 0.1) is 25.3 Å². The number of likely N-dealkylation sites (N-methyl/N-ethyl adjacent to an activating group) is 1. The molecule has 306 valence electrons. The van der Waals surface area contributed by atoms with Crippen LogP contribution in [-0.2, 0) is 39.8 Å². The number of hydrogen-bond donors (Lipinski definition) is 2. The van der Waals surface area contributed by atoms with Gasteiger partial charge in [-0.1, -0.05) is 63.9 Å². The van der Waals surface area contributed by atoms with Crippen molar-refractivity contribution < 1.29 is 48.0 Å². The van der Waals surface area contributed by atoms with E-state index in [1.54, 1.807) is 73.8 Å². The van der Waals surface area contributed by atoms with Crippen LogP contribution in [0.25, 0.3) is 0 Å². The summed E-state index contributed by atoms with van der Waals surface area (Å²) in [6, 6.07) is 2.62. The van der Waals surface area contributed by atoms with Gasteiger partial charge >= 0.3 is 12.1 Å². The molecule has 0 spiro atoms. The summed E-state index contributed by atoms with van der Waals surface area (Å²) < 4.78 is 29.2. The molecule has 4 bridgehead atoms. The van der Waals surface area contributed by atoms with E-state index < -0.39 is 65.7 Å². The number of carbonyl (C=O) groups is 4. The van der Waals surface area contributed by atoms with Crippen LogP contribution in [0.4, 0.5) is 10.5 Å². The molecule has 3 heterocycles. The topological polar surface area (TPSA) is 156 Å². The molecule has 3 amide bonds. The summed E-state index contributed by atoms with van der Waals surface area (Å²) in [6.07, 6.45) is 3.81. The minimum absolute atomic E-state index is 0.0478. The van der Waals surface area contributed by atoms with E-state index in [0.29, 0.717) is 24.3 Å². The number of epoxide rings is 1. The minimum atomic E-state index is -1.83. The number of ether oxygens (including phenoxy) is 5. The molecule has 0 saturated carbocycles. The summed E-state index contributed by atoms with van der Waals surface area (Å²) in [4.78, 5) is 56.9. The number of aliphatic hydroxyl groups is 1. The Kier molecular flexibility index (Phi) is 14.7. The van der Waals surface area contributed by atoms with Crippen molar-refractivity contribution in [3.63, 3.8) is 0 Å². The van der Waals surface area contributed by atoms with Crippen LogP contribution in [-0.4, -0.2) is 115 Å². The Hall–Kier alpha value is -2.95. The number of fused-ring (bicyclic) bond motifs is 5. The van der Waals surface area contributed by atoms with Gasteiger partial charge in [-0.05, 0) is 71.4 Å². The van der Waals surface area contributed by atoms with E-state index in [9.17, 15) is 24.3 Å². The largest absolute Gasteiger partial charge is 0.495 e. The predicted octanol–water partition coefficient (Wildman–Crippen LogP) is 6.08. The zero-order valence-corrected chi connectivity index (χ0v) is 36.0. The Balaban J connectivity index is 1.71. The second-order valence-electron chi connectivity index (χ2n) is 15.4. The number of hydrogen-bond acceptors (Lipinski definition) is 12. The van der Waals surface area contributed by atoms with Crippen molar-refractivity contribution in [3.05, 3.63) is 46.5 Å². The number of halogens is 1. The maximum atomic E-state index is 14.2. The number of nitrogens with zero attached hydrogens (tertiary/aromatic N) is 2. The Morgan fingerprint density at radius 2 is 1.95 bits per heavy atom. The highest BCUT2D eigenvalue weighted by Gasteiger charge is 2.64. The molecule has 0 aliphatic carbocycles. The number of allylic oxidation sites excluding steroid dienone is 3. The Labute approximate surface area is 337 Å². The van der Waals surface area contributed by atoms with Gasteiger partial charge in [-0.15, -0.1) is 0 Å². The standard InChI is InChI=1S/C39H56ClN3O10S2/c1-22-13-12-14-29(50-10)39(48)21-28(51-36(47)41-39)23(2)34-38(6,53-34)30(20-32(45)43(8)26-18-25(17-22)19-27(49-9)33(26)40)52-35(46)24(3)42(7)31(44)15-16-37(4,5)55-54-11/h12-14,18-19,23-24,28-30,34,48H,15-17,20-21H2,1-11H3,(H,41,47)/b14-12+,22-13-. The first kappa shape index (κ1) is 44.8. The predicted molar refractivity (Wildman–Crippen MR) is 215 cm³/mol. The lowest BCUT2D eigenvalue weighted by atomic mass is 9.83. The molecule has 2 saturated heterocycles. The highest BCUT2D eigenvalue weighted by atomic mass is 35.5. The van der Waals surface area contributed by atoms with Crippen molar-refractivity contribution in [2.75, 3.05) is 39.5 Å². The molecule has 3 aliphatic rings. The fraction of sp³-hybridized carbons (Fsp3) is 0.641. The number of rotatable bonds is 10. The first-order valence-corrected chi connectivity index (χ1v) is 21.2. The SMILES string of the molecule is COc1cc2cc(c1Cl)N(C)C(=O)CC(OC(=O)C(C)N(C)C(=O)CCC(C)(C)SSC)C1(C)OC1C(C)C1CC(O)(NC(=O)O1)C(OC)/C=C/C=C(/C)C2. The van der Waals surface area contributed by atoms with Crippen LogP contribution in [0, 0.1) is 5.92 Å². The van der Waals surface area contributed by atoms with Gasteiger partial charge in [0.15, 0.2) is 5.72 Å². The van der Waals surface area contributed by atoms with Crippen LogP contribution in [0.1, 0.15) is 72.8 Å². The van der Waals surface area contributed by atoms with Crippen molar-refractivity contribution in [2.45, 2.75) is 120 Å².